The standard InChI is InChI=1S/C19H15ClN4O3/c1-10(25)18(19(21)27)24-23-16-9-15-13(7-14(16)20)12(8-17(26)22-15)11-5-3-2-4-6-11/h2-9,25H,1H3,(H2,21,27)(H,22,26)/b18-10+,24-23?. The third-order valence-electron chi connectivity index (χ3n) is 3.83. The lowest BCUT2D eigenvalue weighted by atomic mass is 10.0. The number of rotatable bonds is 4. The molecule has 8 heteroatoms. The van der Waals surface area contributed by atoms with E-state index in [4.69, 9.17) is 17.3 Å². The number of hydrogen-bond acceptors (Lipinski definition) is 5. The summed E-state index contributed by atoms with van der Waals surface area (Å²) in [5.74, 6) is -1.28. The first kappa shape index (κ1) is 18.3. The molecule has 0 bridgehead atoms. The van der Waals surface area contributed by atoms with Gasteiger partial charge in [-0.25, -0.2) is 0 Å². The number of nitrogens with one attached hydrogen (secondary N) is 1. The molecule has 136 valence electrons. The van der Waals surface area contributed by atoms with Gasteiger partial charge in [0.2, 0.25) is 5.56 Å². The fraction of sp³-hybridized carbons (Fsp3) is 0.0526. The quantitative estimate of drug-likeness (QED) is 0.356. The van der Waals surface area contributed by atoms with E-state index in [2.05, 4.69) is 15.2 Å². The maximum absolute atomic E-state index is 12.1. The molecule has 3 rings (SSSR count). The summed E-state index contributed by atoms with van der Waals surface area (Å²) < 4.78 is 0. The minimum absolute atomic E-state index is 0.213. The zero-order valence-corrected chi connectivity index (χ0v) is 15.0. The highest BCUT2D eigenvalue weighted by Crippen LogP contribution is 2.34. The van der Waals surface area contributed by atoms with E-state index in [1.807, 2.05) is 30.3 Å². The summed E-state index contributed by atoms with van der Waals surface area (Å²) in [5, 5.41) is 18.0. The lowest BCUT2D eigenvalue weighted by Crippen LogP contribution is -2.13. The van der Waals surface area contributed by atoms with Crippen molar-refractivity contribution in [1.82, 2.24) is 4.98 Å². The molecule has 0 spiro atoms. The van der Waals surface area contributed by atoms with Crippen molar-refractivity contribution >= 4 is 34.1 Å². The first-order valence-corrected chi connectivity index (χ1v) is 8.28. The Balaban J connectivity index is 2.17. The number of fused-ring (bicyclic) bond motifs is 1. The SMILES string of the molecule is C/C(O)=C(\N=Nc1cc2[nH]c(=O)cc(-c3ccccc3)c2cc1Cl)C(N)=O. The van der Waals surface area contributed by atoms with Crippen molar-refractivity contribution in [2.24, 2.45) is 16.0 Å². The predicted molar refractivity (Wildman–Crippen MR) is 104 cm³/mol. The average molecular weight is 383 g/mol. The van der Waals surface area contributed by atoms with Crippen molar-refractivity contribution in [1.29, 1.82) is 0 Å². The summed E-state index contributed by atoms with van der Waals surface area (Å²) >= 11 is 6.30. The van der Waals surface area contributed by atoms with Gasteiger partial charge in [-0.1, -0.05) is 41.9 Å². The molecule has 0 aliphatic carbocycles. The number of azo groups is 1. The Morgan fingerprint density at radius 3 is 2.52 bits per heavy atom. The second kappa shape index (κ2) is 7.43. The summed E-state index contributed by atoms with van der Waals surface area (Å²) in [6, 6.07) is 14.1. The number of amides is 1. The van der Waals surface area contributed by atoms with Gasteiger partial charge >= 0.3 is 0 Å². The van der Waals surface area contributed by atoms with Gasteiger partial charge in [0.05, 0.1) is 10.5 Å². The molecule has 0 atom stereocenters. The molecule has 0 radical (unpaired) electrons. The number of aromatic nitrogens is 1. The van der Waals surface area contributed by atoms with Crippen LogP contribution in [0.25, 0.3) is 22.0 Å². The zero-order chi connectivity index (χ0) is 19.6. The van der Waals surface area contributed by atoms with Gasteiger partial charge in [0, 0.05) is 11.5 Å². The van der Waals surface area contributed by atoms with E-state index < -0.39 is 5.91 Å². The molecule has 27 heavy (non-hydrogen) atoms. The van der Waals surface area contributed by atoms with Crippen LogP contribution in [0.5, 0.6) is 0 Å². The number of hydrogen-bond donors (Lipinski definition) is 3. The molecule has 1 heterocycles. The Hall–Kier alpha value is -3.45. The van der Waals surface area contributed by atoms with Gasteiger partial charge in [0.25, 0.3) is 5.91 Å². The number of nitrogens with two attached hydrogens (primary N) is 1. The van der Waals surface area contributed by atoms with Crippen LogP contribution in [0.4, 0.5) is 5.69 Å². The van der Waals surface area contributed by atoms with Crippen LogP contribution in [0, 0.1) is 0 Å². The van der Waals surface area contributed by atoms with E-state index >= 15 is 0 Å². The molecule has 1 amide bonds. The number of aliphatic hydroxyl groups excluding tert-OH is 1. The van der Waals surface area contributed by atoms with E-state index in [0.29, 0.717) is 5.52 Å². The Morgan fingerprint density at radius 1 is 1.19 bits per heavy atom. The predicted octanol–water partition coefficient (Wildman–Crippen LogP) is 4.21. The zero-order valence-electron chi connectivity index (χ0n) is 14.2. The lowest BCUT2D eigenvalue weighted by molar-refractivity contribution is -0.114. The number of carbonyl (C=O) groups is 1. The van der Waals surface area contributed by atoms with E-state index in [-0.39, 0.29) is 27.7 Å². The van der Waals surface area contributed by atoms with E-state index in [9.17, 15) is 14.7 Å². The topological polar surface area (TPSA) is 121 Å². The largest absolute Gasteiger partial charge is 0.510 e. The van der Waals surface area contributed by atoms with Crippen molar-refractivity contribution < 1.29 is 9.90 Å². The molecule has 0 saturated carbocycles. The summed E-state index contributed by atoms with van der Waals surface area (Å²) in [5.41, 5.74) is 6.80. The highest BCUT2D eigenvalue weighted by atomic mass is 35.5. The van der Waals surface area contributed by atoms with Gasteiger partial charge in [-0.3, -0.25) is 9.59 Å². The number of carbonyl (C=O) groups excluding carboxylic acids is 1. The van der Waals surface area contributed by atoms with Crippen molar-refractivity contribution in [3.05, 3.63) is 75.4 Å². The minimum Gasteiger partial charge on any atom is -0.510 e. The van der Waals surface area contributed by atoms with Crippen LogP contribution in [0.2, 0.25) is 5.02 Å². The maximum atomic E-state index is 12.1. The van der Waals surface area contributed by atoms with Crippen molar-refractivity contribution in [3.63, 3.8) is 0 Å². The number of aliphatic hydroxyl groups is 1. The van der Waals surface area contributed by atoms with Gasteiger partial charge in [-0.2, -0.15) is 0 Å². The third kappa shape index (κ3) is 3.88. The van der Waals surface area contributed by atoms with Crippen LogP contribution >= 0.6 is 11.6 Å². The molecule has 4 N–H and O–H groups in total. The number of allylic oxidation sites excluding steroid dienone is 1. The molecular weight excluding hydrogens is 368 g/mol. The van der Waals surface area contributed by atoms with E-state index in [1.54, 1.807) is 12.1 Å². The Morgan fingerprint density at radius 2 is 1.89 bits per heavy atom. The smallest absolute Gasteiger partial charge is 0.272 e. The summed E-state index contributed by atoms with van der Waals surface area (Å²) in [6.07, 6.45) is 0. The number of aromatic amines is 1. The second-order valence-electron chi connectivity index (χ2n) is 5.76. The normalized spacial score (nSPS) is 12.4. The van der Waals surface area contributed by atoms with Crippen molar-refractivity contribution in [2.45, 2.75) is 6.92 Å². The van der Waals surface area contributed by atoms with Gasteiger partial charge < -0.3 is 15.8 Å². The van der Waals surface area contributed by atoms with Crippen LogP contribution < -0.4 is 11.3 Å². The van der Waals surface area contributed by atoms with Gasteiger partial charge in [-0.05, 0) is 30.2 Å². The van der Waals surface area contributed by atoms with Crippen LogP contribution in [-0.2, 0) is 4.79 Å². The van der Waals surface area contributed by atoms with Crippen LogP contribution in [0.3, 0.4) is 0 Å². The molecule has 3 aromatic rings. The van der Waals surface area contributed by atoms with Crippen LogP contribution in [0.15, 0.2) is 75.0 Å². The molecule has 0 aliphatic rings. The Labute approximate surface area is 158 Å². The average Bonchev–Trinajstić information content (AvgIpc) is 2.62. The van der Waals surface area contributed by atoms with Crippen molar-refractivity contribution in [3.8, 4) is 11.1 Å². The summed E-state index contributed by atoms with van der Waals surface area (Å²) in [6.45, 7) is 1.27. The van der Waals surface area contributed by atoms with Crippen molar-refractivity contribution in [2.75, 3.05) is 0 Å². The number of pyridine rings is 1. The number of primary amides is 1. The van der Waals surface area contributed by atoms with Crippen LogP contribution in [-0.4, -0.2) is 16.0 Å². The van der Waals surface area contributed by atoms with Crippen LogP contribution in [0.1, 0.15) is 6.92 Å². The minimum atomic E-state index is -0.921. The monoisotopic (exact) mass is 382 g/mol. The summed E-state index contributed by atoms with van der Waals surface area (Å²) in [4.78, 5) is 26.1. The Bertz CT molecular complexity index is 1150. The van der Waals surface area contributed by atoms with E-state index in [0.717, 1.165) is 16.5 Å². The number of nitrogens with zero attached hydrogens (tertiary/aromatic N) is 2. The third-order valence-corrected chi connectivity index (χ3v) is 4.13. The maximum Gasteiger partial charge on any atom is 0.272 e. The number of H-pyrrole nitrogens is 1. The highest BCUT2D eigenvalue weighted by molar-refractivity contribution is 6.34. The second-order valence-corrected chi connectivity index (χ2v) is 6.17. The van der Waals surface area contributed by atoms with E-state index in [1.165, 1.54) is 13.0 Å². The van der Waals surface area contributed by atoms with Gasteiger partial charge in [-0.15, -0.1) is 10.2 Å². The fourth-order valence-electron chi connectivity index (χ4n) is 2.60. The molecule has 1 aromatic heterocycles. The summed E-state index contributed by atoms with van der Waals surface area (Å²) in [7, 11) is 0. The molecule has 0 fully saturated rings. The number of benzene rings is 2. The molecule has 0 unspecified atom stereocenters. The first-order valence-electron chi connectivity index (χ1n) is 7.90. The molecular formula is C19H15ClN4O3. The highest BCUT2D eigenvalue weighted by Gasteiger charge is 2.12. The molecule has 0 saturated heterocycles. The molecule has 0 aliphatic heterocycles. The first-order chi connectivity index (χ1) is 12.9. The Kier molecular flexibility index (Phi) is 5.05. The number of halogens is 1. The fourth-order valence-corrected chi connectivity index (χ4v) is 2.80. The molecule has 7 nitrogen and oxygen atoms in total. The van der Waals surface area contributed by atoms with Gasteiger partial charge in [0.15, 0.2) is 5.70 Å². The van der Waals surface area contributed by atoms with Gasteiger partial charge in [0.1, 0.15) is 11.4 Å². The lowest BCUT2D eigenvalue weighted by Gasteiger charge is -2.08. The molecule has 2 aromatic carbocycles.